The van der Waals surface area contributed by atoms with Gasteiger partial charge in [0.05, 0.1) is 30.6 Å². The minimum absolute atomic E-state index is 0.0375. The fraction of sp³-hybridized carbons (Fsp3) is 0.160. The number of nitriles is 1. The lowest BCUT2D eigenvalue weighted by Crippen LogP contribution is -2.34. The Morgan fingerprint density at radius 2 is 1.77 bits per heavy atom. The van der Waals surface area contributed by atoms with Gasteiger partial charge < -0.3 is 15.0 Å². The van der Waals surface area contributed by atoms with E-state index >= 15 is 0 Å². The number of anilines is 1. The second kappa shape index (κ2) is 8.72. The van der Waals surface area contributed by atoms with Gasteiger partial charge in [0, 0.05) is 5.69 Å². The summed E-state index contributed by atoms with van der Waals surface area (Å²) < 4.78 is 5.23. The molecule has 0 bridgehead atoms. The Hall–Kier alpha value is -4.11. The van der Waals surface area contributed by atoms with Crippen LogP contribution in [-0.2, 0) is 16.6 Å². The Bertz CT molecular complexity index is 1190. The molecule has 0 aliphatic heterocycles. The Kier molecular flexibility index (Phi) is 5.67. The number of carbonyl (C=O) groups is 1. The van der Waals surface area contributed by atoms with Gasteiger partial charge in [-0.1, -0.05) is 42.5 Å². The van der Waals surface area contributed by atoms with Crippen LogP contribution >= 0.6 is 0 Å². The monoisotopic (exact) mass is 410 g/mol. The zero-order valence-corrected chi connectivity index (χ0v) is 17.1. The topological polar surface area (TPSA) is 90.8 Å². The van der Waals surface area contributed by atoms with Crippen molar-refractivity contribution < 1.29 is 9.53 Å². The molecule has 0 saturated carbocycles. The van der Waals surface area contributed by atoms with Gasteiger partial charge in [0.2, 0.25) is 5.91 Å². The lowest BCUT2D eigenvalue weighted by molar-refractivity contribution is -0.117. The second-order valence-electron chi connectivity index (χ2n) is 7.41. The number of aromatic nitrogens is 2. The maximum Gasteiger partial charge on any atom is 0.226 e. The Labute approximate surface area is 180 Å². The molecular formula is C25H22N4O2. The third-order valence-electron chi connectivity index (χ3n) is 5.24. The summed E-state index contributed by atoms with van der Waals surface area (Å²) in [6, 6.07) is 26.7. The van der Waals surface area contributed by atoms with Gasteiger partial charge in [-0.05, 0) is 48.4 Å². The Morgan fingerprint density at radius 3 is 2.45 bits per heavy atom. The van der Waals surface area contributed by atoms with Crippen LogP contribution in [0.2, 0.25) is 0 Å². The minimum atomic E-state index is -1.16. The minimum Gasteiger partial charge on any atom is -0.497 e. The van der Waals surface area contributed by atoms with E-state index in [1.54, 1.807) is 7.11 Å². The fourth-order valence-electron chi connectivity index (χ4n) is 3.63. The van der Waals surface area contributed by atoms with Crippen LogP contribution in [0.4, 0.5) is 5.69 Å². The Morgan fingerprint density at radius 1 is 1.06 bits per heavy atom. The van der Waals surface area contributed by atoms with E-state index in [0.29, 0.717) is 17.9 Å². The first kappa shape index (κ1) is 20.2. The van der Waals surface area contributed by atoms with Gasteiger partial charge in [0.15, 0.2) is 0 Å². The summed E-state index contributed by atoms with van der Waals surface area (Å²) in [4.78, 5) is 20.9. The van der Waals surface area contributed by atoms with E-state index in [0.717, 1.165) is 22.3 Å². The van der Waals surface area contributed by atoms with E-state index in [9.17, 15) is 10.1 Å². The molecule has 1 atom stereocenters. The third-order valence-corrected chi connectivity index (χ3v) is 5.24. The van der Waals surface area contributed by atoms with Gasteiger partial charge in [0.25, 0.3) is 0 Å². The van der Waals surface area contributed by atoms with Crippen LogP contribution in [0.3, 0.4) is 0 Å². The summed E-state index contributed by atoms with van der Waals surface area (Å²) in [6.07, 6.45) is 0.291. The number of para-hydroxylation sites is 3. The Balaban J connectivity index is 1.70. The van der Waals surface area contributed by atoms with Crippen molar-refractivity contribution in [3.05, 3.63) is 90.3 Å². The lowest BCUT2D eigenvalue weighted by Gasteiger charge is -2.24. The molecule has 0 aliphatic rings. The molecule has 0 fully saturated rings. The summed E-state index contributed by atoms with van der Waals surface area (Å²) in [5.74, 6) is 0.966. The number of H-pyrrole nitrogens is 1. The van der Waals surface area contributed by atoms with E-state index in [1.807, 2.05) is 78.9 Å². The van der Waals surface area contributed by atoms with E-state index < -0.39 is 5.41 Å². The number of benzene rings is 3. The largest absolute Gasteiger partial charge is 0.497 e. The molecule has 0 aliphatic carbocycles. The van der Waals surface area contributed by atoms with Crippen molar-refractivity contribution >= 4 is 22.6 Å². The lowest BCUT2D eigenvalue weighted by atomic mass is 9.78. The average Bonchev–Trinajstić information content (AvgIpc) is 3.25. The van der Waals surface area contributed by atoms with Crippen molar-refractivity contribution in [1.29, 1.82) is 5.26 Å². The summed E-state index contributed by atoms with van der Waals surface area (Å²) in [5.41, 5.74) is 2.03. The quantitative estimate of drug-likeness (QED) is 0.466. The summed E-state index contributed by atoms with van der Waals surface area (Å²) in [6.45, 7) is 0. The van der Waals surface area contributed by atoms with Crippen molar-refractivity contribution in [2.24, 2.45) is 0 Å². The number of amides is 1. The zero-order valence-electron chi connectivity index (χ0n) is 17.1. The van der Waals surface area contributed by atoms with Crippen LogP contribution in [0.25, 0.3) is 11.0 Å². The number of aromatic amines is 1. The maximum atomic E-state index is 12.9. The normalized spacial score (nSPS) is 12.6. The van der Waals surface area contributed by atoms with Crippen LogP contribution < -0.4 is 10.1 Å². The van der Waals surface area contributed by atoms with Crippen LogP contribution in [-0.4, -0.2) is 23.0 Å². The fourth-order valence-corrected chi connectivity index (χ4v) is 3.63. The van der Waals surface area contributed by atoms with E-state index in [4.69, 9.17) is 4.74 Å². The molecule has 154 valence electrons. The number of fused-ring (bicyclic) bond motifs is 1. The molecule has 6 nitrogen and oxygen atoms in total. The first-order valence-electron chi connectivity index (χ1n) is 9.96. The molecule has 4 aromatic rings. The number of methoxy groups -OCH3 is 1. The van der Waals surface area contributed by atoms with Crippen LogP contribution in [0.1, 0.15) is 17.8 Å². The molecule has 0 spiro atoms. The van der Waals surface area contributed by atoms with Crippen molar-refractivity contribution in [3.63, 3.8) is 0 Å². The highest BCUT2D eigenvalue weighted by Gasteiger charge is 2.38. The van der Waals surface area contributed by atoms with Crippen LogP contribution in [0, 0.1) is 11.3 Å². The van der Waals surface area contributed by atoms with Gasteiger partial charge in [-0.15, -0.1) is 0 Å². The zero-order chi connectivity index (χ0) is 21.7. The van der Waals surface area contributed by atoms with Gasteiger partial charge in [-0.3, -0.25) is 4.79 Å². The molecule has 0 saturated heterocycles. The molecule has 3 aromatic carbocycles. The van der Waals surface area contributed by atoms with Gasteiger partial charge in [-0.2, -0.15) is 5.26 Å². The van der Waals surface area contributed by atoms with Gasteiger partial charge in [0.1, 0.15) is 17.0 Å². The van der Waals surface area contributed by atoms with Crippen molar-refractivity contribution in [2.45, 2.75) is 18.3 Å². The summed E-state index contributed by atoms with van der Waals surface area (Å²) in [5, 5.41) is 13.2. The summed E-state index contributed by atoms with van der Waals surface area (Å²) in [7, 11) is 1.61. The SMILES string of the molecule is COc1ccc(C[C@](C#N)(CC(=O)Nc2ccccc2)c2nc3ccccc3[nH]2)cc1. The number of hydrogen-bond acceptors (Lipinski definition) is 4. The molecule has 0 radical (unpaired) electrons. The van der Waals surface area contributed by atoms with E-state index in [1.165, 1.54) is 0 Å². The van der Waals surface area contributed by atoms with Crippen molar-refractivity contribution in [3.8, 4) is 11.8 Å². The number of nitrogens with zero attached hydrogens (tertiary/aromatic N) is 2. The molecule has 1 aromatic heterocycles. The van der Waals surface area contributed by atoms with Crippen LogP contribution in [0.5, 0.6) is 5.75 Å². The maximum absolute atomic E-state index is 12.9. The van der Waals surface area contributed by atoms with E-state index in [2.05, 4.69) is 21.4 Å². The molecule has 6 heteroatoms. The molecule has 0 unspecified atom stereocenters. The summed E-state index contributed by atoms with van der Waals surface area (Å²) >= 11 is 0. The molecule has 4 rings (SSSR count). The predicted octanol–water partition coefficient (Wildman–Crippen LogP) is 4.60. The smallest absolute Gasteiger partial charge is 0.226 e. The number of ether oxygens (including phenoxy) is 1. The molecular weight excluding hydrogens is 388 g/mol. The van der Waals surface area contributed by atoms with Gasteiger partial charge in [-0.25, -0.2) is 4.98 Å². The third kappa shape index (κ3) is 4.41. The number of rotatable bonds is 7. The molecule has 2 N–H and O–H groups in total. The van der Waals surface area contributed by atoms with Gasteiger partial charge >= 0.3 is 0 Å². The number of carbonyl (C=O) groups excluding carboxylic acids is 1. The van der Waals surface area contributed by atoms with Crippen molar-refractivity contribution in [2.75, 3.05) is 12.4 Å². The number of imidazole rings is 1. The average molecular weight is 410 g/mol. The number of hydrogen-bond donors (Lipinski definition) is 2. The second-order valence-corrected chi connectivity index (χ2v) is 7.41. The van der Waals surface area contributed by atoms with Crippen molar-refractivity contribution in [1.82, 2.24) is 9.97 Å². The highest BCUT2D eigenvalue weighted by Crippen LogP contribution is 2.32. The molecule has 1 heterocycles. The van der Waals surface area contributed by atoms with Crippen LogP contribution in [0.15, 0.2) is 78.9 Å². The highest BCUT2D eigenvalue weighted by molar-refractivity contribution is 5.92. The first-order valence-corrected chi connectivity index (χ1v) is 9.96. The standard InChI is InChI=1S/C25H22N4O2/c1-31-20-13-11-18(12-14-20)15-25(17-26,16-23(30)27-19-7-3-2-4-8-19)24-28-21-9-5-6-10-22(21)29-24/h2-14H,15-16H2,1H3,(H,27,30)(H,28,29)/t25-/m1/s1. The first-order chi connectivity index (χ1) is 15.1. The molecule has 1 amide bonds. The molecule has 31 heavy (non-hydrogen) atoms. The number of nitrogens with one attached hydrogen (secondary N) is 2. The predicted molar refractivity (Wildman–Crippen MR) is 120 cm³/mol. The van der Waals surface area contributed by atoms with E-state index in [-0.39, 0.29) is 12.3 Å². The highest BCUT2D eigenvalue weighted by atomic mass is 16.5.